The number of carbonyl (C=O) groups excluding carboxylic acids is 2. The van der Waals surface area contributed by atoms with E-state index in [4.69, 9.17) is 4.74 Å². The van der Waals surface area contributed by atoms with E-state index in [9.17, 15) is 9.59 Å². The van der Waals surface area contributed by atoms with Gasteiger partial charge in [0.1, 0.15) is 5.75 Å². The molecule has 2 amide bonds. The van der Waals surface area contributed by atoms with Crippen LogP contribution in [0.3, 0.4) is 0 Å². The maximum Gasteiger partial charge on any atom is 0.261 e. The SMILES string of the molecule is CN=C(NCCN1C(=O)c2ccccc2C1=O)NCc1cccc(OC)c1.I. The fraction of sp³-hybridized carbons (Fsp3) is 0.250. The monoisotopic (exact) mass is 494 g/mol. The van der Waals surface area contributed by atoms with Gasteiger partial charge in [-0.3, -0.25) is 19.5 Å². The second-order valence-corrected chi connectivity index (χ2v) is 6.01. The van der Waals surface area contributed by atoms with E-state index in [1.165, 1.54) is 4.90 Å². The minimum atomic E-state index is -0.253. The van der Waals surface area contributed by atoms with Crippen LogP contribution in [0, 0.1) is 0 Å². The highest BCUT2D eigenvalue weighted by atomic mass is 127. The summed E-state index contributed by atoms with van der Waals surface area (Å²) in [6.07, 6.45) is 0. The number of hydrogen-bond acceptors (Lipinski definition) is 4. The zero-order valence-corrected chi connectivity index (χ0v) is 18.1. The van der Waals surface area contributed by atoms with Crippen LogP contribution in [0.4, 0.5) is 0 Å². The molecule has 2 aromatic carbocycles. The number of aliphatic imine (C=N–C) groups is 1. The molecule has 28 heavy (non-hydrogen) atoms. The van der Waals surface area contributed by atoms with Crippen LogP contribution in [-0.2, 0) is 6.54 Å². The third-order valence-corrected chi connectivity index (χ3v) is 4.32. The van der Waals surface area contributed by atoms with Crippen LogP contribution in [0.15, 0.2) is 53.5 Å². The van der Waals surface area contributed by atoms with Gasteiger partial charge in [0.25, 0.3) is 11.8 Å². The summed E-state index contributed by atoms with van der Waals surface area (Å²) in [6.45, 7) is 1.25. The third-order valence-electron chi connectivity index (χ3n) is 4.32. The molecule has 1 heterocycles. The lowest BCUT2D eigenvalue weighted by Crippen LogP contribution is -2.42. The molecular formula is C20H23IN4O3. The number of guanidine groups is 1. The van der Waals surface area contributed by atoms with Crippen molar-refractivity contribution >= 4 is 41.8 Å². The van der Waals surface area contributed by atoms with E-state index in [1.54, 1.807) is 38.4 Å². The topological polar surface area (TPSA) is 83.0 Å². The normalized spacial score (nSPS) is 13.1. The summed E-state index contributed by atoms with van der Waals surface area (Å²) >= 11 is 0. The van der Waals surface area contributed by atoms with Gasteiger partial charge in [-0.25, -0.2) is 0 Å². The van der Waals surface area contributed by atoms with Crippen LogP contribution < -0.4 is 15.4 Å². The zero-order chi connectivity index (χ0) is 19.2. The van der Waals surface area contributed by atoms with Crippen molar-refractivity contribution in [3.63, 3.8) is 0 Å². The Balaban J connectivity index is 0.00000280. The van der Waals surface area contributed by atoms with Crippen LogP contribution in [-0.4, -0.2) is 49.9 Å². The smallest absolute Gasteiger partial charge is 0.261 e. The molecule has 0 atom stereocenters. The van der Waals surface area contributed by atoms with Crippen molar-refractivity contribution in [2.75, 3.05) is 27.2 Å². The van der Waals surface area contributed by atoms with E-state index in [0.29, 0.717) is 30.2 Å². The van der Waals surface area contributed by atoms with Gasteiger partial charge < -0.3 is 15.4 Å². The Morgan fingerprint density at radius 1 is 1.04 bits per heavy atom. The molecule has 0 unspecified atom stereocenters. The van der Waals surface area contributed by atoms with Crippen molar-refractivity contribution < 1.29 is 14.3 Å². The van der Waals surface area contributed by atoms with Crippen molar-refractivity contribution in [2.24, 2.45) is 4.99 Å². The van der Waals surface area contributed by atoms with Crippen molar-refractivity contribution in [3.05, 3.63) is 65.2 Å². The molecule has 0 spiro atoms. The molecule has 0 aromatic heterocycles. The molecule has 0 radical (unpaired) electrons. The Hall–Kier alpha value is -2.62. The van der Waals surface area contributed by atoms with Gasteiger partial charge in [0.2, 0.25) is 0 Å². The molecule has 0 bridgehead atoms. The first kappa shape index (κ1) is 21.7. The van der Waals surface area contributed by atoms with E-state index in [-0.39, 0.29) is 42.3 Å². The van der Waals surface area contributed by atoms with Gasteiger partial charge in [-0.1, -0.05) is 24.3 Å². The molecular weight excluding hydrogens is 471 g/mol. The highest BCUT2D eigenvalue weighted by Gasteiger charge is 2.34. The summed E-state index contributed by atoms with van der Waals surface area (Å²) in [4.78, 5) is 30.1. The van der Waals surface area contributed by atoms with Crippen molar-refractivity contribution in [3.8, 4) is 5.75 Å². The molecule has 0 saturated heterocycles. The predicted molar refractivity (Wildman–Crippen MR) is 118 cm³/mol. The number of ether oxygens (including phenoxy) is 1. The fourth-order valence-corrected chi connectivity index (χ4v) is 2.92. The Kier molecular flexibility index (Phi) is 7.80. The second-order valence-electron chi connectivity index (χ2n) is 6.01. The molecule has 2 aromatic rings. The lowest BCUT2D eigenvalue weighted by Gasteiger charge is -2.16. The number of methoxy groups -OCH3 is 1. The predicted octanol–water partition coefficient (Wildman–Crippen LogP) is 2.27. The van der Waals surface area contributed by atoms with Crippen molar-refractivity contribution in [2.45, 2.75) is 6.54 Å². The Morgan fingerprint density at radius 2 is 1.71 bits per heavy atom. The van der Waals surface area contributed by atoms with Crippen LogP contribution in [0.2, 0.25) is 0 Å². The van der Waals surface area contributed by atoms with Gasteiger partial charge in [0.05, 0.1) is 18.2 Å². The molecule has 2 N–H and O–H groups in total. The highest BCUT2D eigenvalue weighted by molar-refractivity contribution is 14.0. The van der Waals surface area contributed by atoms with Gasteiger partial charge in [0, 0.05) is 26.7 Å². The van der Waals surface area contributed by atoms with E-state index >= 15 is 0 Å². The molecule has 7 nitrogen and oxygen atoms in total. The molecule has 1 aliphatic rings. The van der Waals surface area contributed by atoms with Gasteiger partial charge in [-0.2, -0.15) is 0 Å². The zero-order valence-electron chi connectivity index (χ0n) is 15.8. The second kappa shape index (κ2) is 10.1. The number of carbonyl (C=O) groups is 2. The first-order chi connectivity index (χ1) is 13.1. The van der Waals surface area contributed by atoms with Crippen LogP contribution in [0.5, 0.6) is 5.75 Å². The number of rotatable bonds is 6. The molecule has 3 rings (SSSR count). The lowest BCUT2D eigenvalue weighted by atomic mass is 10.1. The molecule has 0 fully saturated rings. The number of nitrogens with one attached hydrogen (secondary N) is 2. The van der Waals surface area contributed by atoms with Crippen molar-refractivity contribution in [1.82, 2.24) is 15.5 Å². The molecule has 0 saturated carbocycles. The van der Waals surface area contributed by atoms with Gasteiger partial charge >= 0.3 is 0 Å². The summed E-state index contributed by atoms with van der Waals surface area (Å²) < 4.78 is 5.21. The summed E-state index contributed by atoms with van der Waals surface area (Å²) in [5.74, 6) is 0.880. The maximum atomic E-state index is 12.3. The van der Waals surface area contributed by atoms with Gasteiger partial charge in [0.15, 0.2) is 5.96 Å². The number of benzene rings is 2. The minimum Gasteiger partial charge on any atom is -0.497 e. The van der Waals surface area contributed by atoms with Gasteiger partial charge in [-0.05, 0) is 29.8 Å². The Labute approximate surface area is 181 Å². The van der Waals surface area contributed by atoms with Crippen LogP contribution >= 0.6 is 24.0 Å². The van der Waals surface area contributed by atoms with Crippen molar-refractivity contribution in [1.29, 1.82) is 0 Å². The fourth-order valence-electron chi connectivity index (χ4n) is 2.92. The quantitative estimate of drug-likeness (QED) is 0.279. The standard InChI is InChI=1S/C20H22N4O3.HI/c1-21-20(23-13-14-6-5-7-15(12-14)27-2)22-10-11-24-18(25)16-8-3-4-9-17(16)19(24)26;/h3-9,12H,10-11,13H2,1-2H3,(H2,21,22,23);1H. The molecule has 0 aliphatic carbocycles. The first-order valence-electron chi connectivity index (χ1n) is 8.66. The maximum absolute atomic E-state index is 12.3. The summed E-state index contributed by atoms with van der Waals surface area (Å²) in [7, 11) is 3.30. The average molecular weight is 494 g/mol. The Bertz CT molecular complexity index is 850. The van der Waals surface area contributed by atoms with E-state index in [0.717, 1.165) is 11.3 Å². The number of fused-ring (bicyclic) bond motifs is 1. The summed E-state index contributed by atoms with van der Waals surface area (Å²) in [5.41, 5.74) is 1.98. The first-order valence-corrected chi connectivity index (χ1v) is 8.66. The average Bonchev–Trinajstić information content (AvgIpc) is 2.95. The highest BCUT2D eigenvalue weighted by Crippen LogP contribution is 2.21. The largest absolute Gasteiger partial charge is 0.497 e. The third kappa shape index (κ3) is 4.80. The number of imide groups is 1. The number of halogens is 1. The summed E-state index contributed by atoms with van der Waals surface area (Å²) in [6, 6.07) is 14.6. The number of nitrogens with zero attached hydrogens (tertiary/aromatic N) is 2. The molecule has 1 aliphatic heterocycles. The number of amides is 2. The van der Waals surface area contributed by atoms with Gasteiger partial charge in [-0.15, -0.1) is 24.0 Å². The van der Waals surface area contributed by atoms with Crippen LogP contribution in [0.25, 0.3) is 0 Å². The molecule has 148 valence electrons. The summed E-state index contributed by atoms with van der Waals surface area (Å²) in [5, 5.41) is 6.32. The minimum absolute atomic E-state index is 0. The Morgan fingerprint density at radius 3 is 2.32 bits per heavy atom. The van der Waals surface area contributed by atoms with E-state index in [1.807, 2.05) is 24.3 Å². The van der Waals surface area contributed by atoms with E-state index in [2.05, 4.69) is 15.6 Å². The van der Waals surface area contributed by atoms with Crippen LogP contribution in [0.1, 0.15) is 26.3 Å². The molecule has 8 heteroatoms. The lowest BCUT2D eigenvalue weighted by molar-refractivity contribution is 0.0657. The van der Waals surface area contributed by atoms with E-state index < -0.39 is 0 Å². The number of hydrogen-bond donors (Lipinski definition) is 2.